The van der Waals surface area contributed by atoms with Gasteiger partial charge in [0.2, 0.25) is 0 Å². The lowest BCUT2D eigenvalue weighted by Crippen LogP contribution is -1.93. The lowest BCUT2D eigenvalue weighted by Gasteiger charge is -2.06. The molecule has 0 unspecified atom stereocenters. The fraction of sp³-hybridized carbons (Fsp3) is 0.167. The molecule has 0 bridgehead atoms. The predicted molar refractivity (Wildman–Crippen MR) is 64.6 cm³/mol. The van der Waals surface area contributed by atoms with E-state index in [-0.39, 0.29) is 5.82 Å². The van der Waals surface area contributed by atoms with Gasteiger partial charge in [-0.1, -0.05) is 0 Å². The highest BCUT2D eigenvalue weighted by Gasteiger charge is 2.06. The van der Waals surface area contributed by atoms with Crippen molar-refractivity contribution >= 4 is 15.9 Å². The summed E-state index contributed by atoms with van der Waals surface area (Å²) < 4.78 is 13.7. The second-order valence-electron chi connectivity index (χ2n) is 3.58. The summed E-state index contributed by atoms with van der Waals surface area (Å²) in [5.74, 6) is 0.458. The van der Waals surface area contributed by atoms with Gasteiger partial charge in [-0.3, -0.25) is 0 Å². The average molecular weight is 281 g/mol. The zero-order valence-corrected chi connectivity index (χ0v) is 10.5. The highest BCUT2D eigenvalue weighted by Crippen LogP contribution is 2.24. The minimum atomic E-state index is -0.230. The van der Waals surface area contributed by atoms with Crippen LogP contribution in [0.15, 0.2) is 28.9 Å². The van der Waals surface area contributed by atoms with Crippen molar-refractivity contribution in [2.45, 2.75) is 13.8 Å². The molecule has 0 aliphatic rings. The van der Waals surface area contributed by atoms with Crippen molar-refractivity contribution in [3.05, 3.63) is 46.1 Å². The molecule has 16 heavy (non-hydrogen) atoms. The maximum absolute atomic E-state index is 13.0. The highest BCUT2D eigenvalue weighted by atomic mass is 79.9. The minimum absolute atomic E-state index is 0.230. The van der Waals surface area contributed by atoms with Gasteiger partial charge in [-0.2, -0.15) is 0 Å². The number of halogens is 2. The van der Waals surface area contributed by atoms with Crippen LogP contribution in [-0.2, 0) is 0 Å². The standard InChI is InChI=1S/C12H10BrFN2/c1-7-5-9(14)3-4-10(7)11-6-12(13)16-8(2)15-11/h3-6H,1-2H3. The van der Waals surface area contributed by atoms with E-state index in [0.717, 1.165) is 21.4 Å². The van der Waals surface area contributed by atoms with Crippen LogP contribution in [0.5, 0.6) is 0 Å². The molecule has 0 saturated carbocycles. The van der Waals surface area contributed by atoms with Crippen LogP contribution >= 0.6 is 15.9 Å². The van der Waals surface area contributed by atoms with Crippen LogP contribution in [-0.4, -0.2) is 9.97 Å². The Morgan fingerprint density at radius 1 is 1.12 bits per heavy atom. The van der Waals surface area contributed by atoms with Crippen LogP contribution in [0, 0.1) is 19.7 Å². The first-order chi connectivity index (χ1) is 7.56. The van der Waals surface area contributed by atoms with E-state index in [1.165, 1.54) is 12.1 Å². The van der Waals surface area contributed by atoms with Gasteiger partial charge >= 0.3 is 0 Å². The van der Waals surface area contributed by atoms with E-state index in [1.54, 1.807) is 6.07 Å². The van der Waals surface area contributed by atoms with Crippen LogP contribution in [0.4, 0.5) is 4.39 Å². The van der Waals surface area contributed by atoms with Gasteiger partial charge < -0.3 is 0 Å². The van der Waals surface area contributed by atoms with Gasteiger partial charge in [0.25, 0.3) is 0 Å². The fourth-order valence-electron chi connectivity index (χ4n) is 1.58. The van der Waals surface area contributed by atoms with E-state index >= 15 is 0 Å². The molecule has 2 nitrogen and oxygen atoms in total. The average Bonchev–Trinajstić information content (AvgIpc) is 2.15. The minimum Gasteiger partial charge on any atom is -0.233 e. The second kappa shape index (κ2) is 4.29. The van der Waals surface area contributed by atoms with Gasteiger partial charge in [0.05, 0.1) is 5.69 Å². The molecule has 0 radical (unpaired) electrons. The number of hydrogen-bond acceptors (Lipinski definition) is 2. The largest absolute Gasteiger partial charge is 0.233 e. The van der Waals surface area contributed by atoms with Crippen molar-refractivity contribution in [3.63, 3.8) is 0 Å². The Morgan fingerprint density at radius 2 is 1.88 bits per heavy atom. The molecule has 1 heterocycles. The lowest BCUT2D eigenvalue weighted by molar-refractivity contribution is 0.627. The third kappa shape index (κ3) is 2.27. The molecule has 2 aromatic rings. The topological polar surface area (TPSA) is 25.8 Å². The summed E-state index contributed by atoms with van der Waals surface area (Å²) in [7, 11) is 0. The lowest BCUT2D eigenvalue weighted by atomic mass is 10.1. The van der Waals surface area contributed by atoms with Gasteiger partial charge in [-0.05, 0) is 59.6 Å². The molecule has 1 aromatic carbocycles. The van der Waals surface area contributed by atoms with E-state index < -0.39 is 0 Å². The number of nitrogens with zero attached hydrogens (tertiary/aromatic N) is 2. The maximum atomic E-state index is 13.0. The molecule has 0 fully saturated rings. The molecule has 0 N–H and O–H groups in total. The number of rotatable bonds is 1. The normalized spacial score (nSPS) is 10.5. The number of aryl methyl sites for hydroxylation is 2. The molecule has 4 heteroatoms. The summed E-state index contributed by atoms with van der Waals surface area (Å²) in [4.78, 5) is 8.47. The van der Waals surface area contributed by atoms with E-state index in [0.29, 0.717) is 5.82 Å². The van der Waals surface area contributed by atoms with Gasteiger partial charge in [0.15, 0.2) is 0 Å². The van der Waals surface area contributed by atoms with E-state index in [4.69, 9.17) is 0 Å². The molecular weight excluding hydrogens is 271 g/mol. The zero-order valence-electron chi connectivity index (χ0n) is 8.96. The molecule has 82 valence electrons. The third-order valence-electron chi connectivity index (χ3n) is 2.27. The van der Waals surface area contributed by atoms with Gasteiger partial charge in [-0.25, -0.2) is 14.4 Å². The smallest absolute Gasteiger partial charge is 0.127 e. The predicted octanol–water partition coefficient (Wildman–Crippen LogP) is 3.66. The Morgan fingerprint density at radius 3 is 2.50 bits per heavy atom. The number of hydrogen-bond donors (Lipinski definition) is 0. The molecule has 1 aromatic heterocycles. The van der Waals surface area contributed by atoms with Gasteiger partial charge in [0, 0.05) is 5.56 Å². The van der Waals surface area contributed by atoms with Crippen molar-refractivity contribution in [2.75, 3.05) is 0 Å². The zero-order chi connectivity index (χ0) is 11.7. The molecule has 0 atom stereocenters. The Labute approximate surface area is 102 Å². The summed E-state index contributed by atoms with van der Waals surface area (Å²) >= 11 is 3.32. The summed E-state index contributed by atoms with van der Waals surface area (Å²) in [6, 6.07) is 6.50. The highest BCUT2D eigenvalue weighted by molar-refractivity contribution is 9.10. The van der Waals surface area contributed by atoms with Crippen molar-refractivity contribution in [1.29, 1.82) is 0 Å². The van der Waals surface area contributed by atoms with E-state index in [9.17, 15) is 4.39 Å². The Balaban J connectivity index is 2.58. The van der Waals surface area contributed by atoms with Crippen LogP contribution in [0.3, 0.4) is 0 Å². The molecule has 0 saturated heterocycles. The molecule has 2 rings (SSSR count). The quantitative estimate of drug-likeness (QED) is 0.745. The number of aromatic nitrogens is 2. The summed E-state index contributed by atoms with van der Waals surface area (Å²) in [5, 5.41) is 0. The first-order valence-electron chi connectivity index (χ1n) is 4.84. The summed E-state index contributed by atoms with van der Waals surface area (Å²) in [5.41, 5.74) is 2.59. The Bertz CT molecular complexity index is 520. The third-order valence-corrected chi connectivity index (χ3v) is 2.68. The molecular formula is C12H10BrFN2. The number of benzene rings is 1. The van der Waals surface area contributed by atoms with E-state index in [2.05, 4.69) is 25.9 Å². The SMILES string of the molecule is Cc1nc(Br)cc(-c2ccc(F)cc2C)n1. The summed E-state index contributed by atoms with van der Waals surface area (Å²) in [6.45, 7) is 3.69. The first-order valence-corrected chi connectivity index (χ1v) is 5.63. The molecule has 0 amide bonds. The van der Waals surface area contributed by atoms with Crippen molar-refractivity contribution in [3.8, 4) is 11.3 Å². The van der Waals surface area contributed by atoms with Gasteiger partial charge in [0.1, 0.15) is 16.2 Å². The first kappa shape index (κ1) is 11.2. The van der Waals surface area contributed by atoms with Crippen molar-refractivity contribution in [2.24, 2.45) is 0 Å². The molecule has 0 aliphatic carbocycles. The molecule has 0 aliphatic heterocycles. The maximum Gasteiger partial charge on any atom is 0.127 e. The van der Waals surface area contributed by atoms with Crippen LogP contribution < -0.4 is 0 Å². The second-order valence-corrected chi connectivity index (χ2v) is 4.39. The Hall–Kier alpha value is -1.29. The monoisotopic (exact) mass is 280 g/mol. The van der Waals surface area contributed by atoms with Crippen LogP contribution in [0.2, 0.25) is 0 Å². The molecule has 0 spiro atoms. The summed E-state index contributed by atoms with van der Waals surface area (Å²) in [6.07, 6.45) is 0. The Kier molecular flexibility index (Phi) is 3.01. The van der Waals surface area contributed by atoms with Crippen LogP contribution in [0.1, 0.15) is 11.4 Å². The fourth-order valence-corrected chi connectivity index (χ4v) is 2.06. The van der Waals surface area contributed by atoms with E-state index in [1.807, 2.05) is 19.9 Å². The van der Waals surface area contributed by atoms with Gasteiger partial charge in [-0.15, -0.1) is 0 Å². The van der Waals surface area contributed by atoms with Crippen molar-refractivity contribution < 1.29 is 4.39 Å². The van der Waals surface area contributed by atoms with Crippen LogP contribution in [0.25, 0.3) is 11.3 Å². The van der Waals surface area contributed by atoms with Crippen molar-refractivity contribution in [1.82, 2.24) is 9.97 Å².